The predicted molar refractivity (Wildman–Crippen MR) is 181 cm³/mol. The van der Waals surface area contributed by atoms with Gasteiger partial charge in [0.1, 0.15) is 5.75 Å². The zero-order chi connectivity index (χ0) is 33.1. The Balaban J connectivity index is 0.000000201. The molecule has 47 heavy (non-hydrogen) atoms. The van der Waals surface area contributed by atoms with Crippen molar-refractivity contribution in [3.8, 4) is 5.75 Å². The number of carbonyl (C=O) groups excluding carboxylic acids is 3. The highest BCUT2D eigenvalue weighted by atomic mass is 32.2. The van der Waals surface area contributed by atoms with E-state index >= 15 is 0 Å². The van der Waals surface area contributed by atoms with Gasteiger partial charge in [-0.25, -0.2) is 8.42 Å². The van der Waals surface area contributed by atoms with Crippen molar-refractivity contribution in [1.82, 2.24) is 15.3 Å². The van der Waals surface area contributed by atoms with E-state index in [1.54, 1.807) is 30.3 Å². The first-order chi connectivity index (χ1) is 22.6. The molecular weight excluding hydrogens is 618 g/mol. The number of amides is 3. The standard InChI is InChI=1S/C22H19N3O5S.C13H14N2O/c23-22(27)31(28,29)13-30-18-11-5-10-17-20(18)19-15(8-4-9-16(19)25-17)21(26)24-12-14-6-2-1-3-7-14;14-13(16)9-5-3-7-11-12(9)8-4-1-2-6-10(8)15-11/h1-11,25H,12-13H2,(H2,23,27)(H,24,26);1-2,4,6,9,15H,3,5,7H2,(H2,14,16). The number of aromatic amines is 2. The van der Waals surface area contributed by atoms with E-state index in [9.17, 15) is 22.8 Å². The van der Waals surface area contributed by atoms with Crippen LogP contribution >= 0.6 is 0 Å². The highest BCUT2D eigenvalue weighted by molar-refractivity contribution is 8.05. The zero-order valence-corrected chi connectivity index (χ0v) is 26.1. The summed E-state index contributed by atoms with van der Waals surface area (Å²) in [6.07, 6.45) is 2.94. The van der Waals surface area contributed by atoms with E-state index < -0.39 is 21.0 Å². The molecule has 1 aliphatic carbocycles. The number of para-hydroxylation sites is 1. The van der Waals surface area contributed by atoms with E-state index in [1.807, 2.05) is 54.6 Å². The summed E-state index contributed by atoms with van der Waals surface area (Å²) in [5.74, 6) is -1.27. The number of aromatic nitrogens is 2. The zero-order valence-electron chi connectivity index (χ0n) is 25.3. The van der Waals surface area contributed by atoms with Gasteiger partial charge in [-0.3, -0.25) is 14.4 Å². The molecule has 12 heteroatoms. The van der Waals surface area contributed by atoms with Crippen LogP contribution in [0.4, 0.5) is 4.79 Å². The van der Waals surface area contributed by atoms with E-state index in [-0.39, 0.29) is 23.5 Å². The molecule has 0 saturated heterocycles. The number of hydrogen-bond acceptors (Lipinski definition) is 6. The fourth-order valence-electron chi connectivity index (χ4n) is 6.07. The average Bonchev–Trinajstić information content (AvgIpc) is 3.66. The lowest BCUT2D eigenvalue weighted by Gasteiger charge is -2.19. The Morgan fingerprint density at radius 3 is 2.23 bits per heavy atom. The number of carbonyl (C=O) groups is 3. The van der Waals surface area contributed by atoms with Crippen molar-refractivity contribution in [3.05, 3.63) is 113 Å². The summed E-state index contributed by atoms with van der Waals surface area (Å²) in [4.78, 5) is 42.1. The van der Waals surface area contributed by atoms with Gasteiger partial charge in [0.25, 0.3) is 15.7 Å². The molecule has 2 heterocycles. The van der Waals surface area contributed by atoms with Gasteiger partial charge in [-0.1, -0.05) is 60.7 Å². The summed E-state index contributed by atoms with van der Waals surface area (Å²) in [6, 6.07) is 27.9. The SMILES string of the molecule is NC(=O)C1CCCc2[nH]c3ccccc3c21.NC(=O)S(=O)(=O)COc1cccc2[nH]c3cccc(C(=O)NCc4ccccc4)c3c12. The Hall–Kier alpha value is -5.62. The molecule has 1 aliphatic rings. The quantitative estimate of drug-likeness (QED) is 0.158. The topological polar surface area (TPSA) is 190 Å². The minimum absolute atomic E-state index is 0.111. The molecule has 0 saturated carbocycles. The molecule has 11 nitrogen and oxygen atoms in total. The molecule has 2 aromatic heterocycles. The molecule has 4 aromatic carbocycles. The van der Waals surface area contributed by atoms with Crippen molar-refractivity contribution in [2.24, 2.45) is 11.5 Å². The monoisotopic (exact) mass is 651 g/mol. The van der Waals surface area contributed by atoms with E-state index in [4.69, 9.17) is 16.2 Å². The molecule has 0 fully saturated rings. The molecule has 1 atom stereocenters. The van der Waals surface area contributed by atoms with Gasteiger partial charge in [0.05, 0.1) is 16.8 Å². The first-order valence-corrected chi connectivity index (χ1v) is 16.7. The number of H-pyrrole nitrogens is 2. The molecule has 3 amide bonds. The molecule has 0 radical (unpaired) electrons. The summed E-state index contributed by atoms with van der Waals surface area (Å²) in [5.41, 5.74) is 16.5. The number of hydrogen-bond donors (Lipinski definition) is 5. The largest absolute Gasteiger partial charge is 0.476 e. The van der Waals surface area contributed by atoms with Crippen LogP contribution in [-0.2, 0) is 27.6 Å². The van der Waals surface area contributed by atoms with Gasteiger partial charge in [-0.05, 0) is 60.7 Å². The van der Waals surface area contributed by atoms with Crippen molar-refractivity contribution in [2.75, 3.05) is 5.94 Å². The first kappa shape index (κ1) is 31.4. The third-order valence-electron chi connectivity index (χ3n) is 8.27. The van der Waals surface area contributed by atoms with Gasteiger partial charge in [-0.15, -0.1) is 0 Å². The number of fused-ring (bicyclic) bond motifs is 6. The van der Waals surface area contributed by atoms with Gasteiger partial charge in [0.2, 0.25) is 5.91 Å². The number of ether oxygens (including phenoxy) is 1. The number of rotatable bonds is 7. The molecule has 1 unspecified atom stereocenters. The highest BCUT2D eigenvalue weighted by Crippen LogP contribution is 2.37. The summed E-state index contributed by atoms with van der Waals surface area (Å²) in [7, 11) is -4.24. The normalized spacial score (nSPS) is 14.3. The lowest BCUT2D eigenvalue weighted by atomic mass is 9.85. The fraction of sp³-hybridized carbons (Fsp3) is 0.171. The summed E-state index contributed by atoms with van der Waals surface area (Å²) in [5, 5.41) is 3.73. The number of primary amides is 2. The molecular formula is C35H33N5O6S. The van der Waals surface area contributed by atoms with Crippen LogP contribution in [0, 0.1) is 0 Å². The molecule has 0 aliphatic heterocycles. The van der Waals surface area contributed by atoms with Crippen molar-refractivity contribution >= 4 is 59.6 Å². The predicted octanol–water partition coefficient (Wildman–Crippen LogP) is 5.15. The highest BCUT2D eigenvalue weighted by Gasteiger charge is 2.28. The van der Waals surface area contributed by atoms with Crippen LogP contribution in [0.25, 0.3) is 32.7 Å². The van der Waals surface area contributed by atoms with Crippen LogP contribution in [0.2, 0.25) is 0 Å². The van der Waals surface area contributed by atoms with Crippen LogP contribution < -0.4 is 21.5 Å². The van der Waals surface area contributed by atoms with Crippen LogP contribution in [0.1, 0.15) is 45.9 Å². The van der Waals surface area contributed by atoms with Crippen LogP contribution in [0.15, 0.2) is 91.0 Å². The van der Waals surface area contributed by atoms with Crippen molar-refractivity contribution in [1.29, 1.82) is 0 Å². The summed E-state index contributed by atoms with van der Waals surface area (Å²) >= 11 is 0. The minimum atomic E-state index is -4.24. The Morgan fingerprint density at radius 1 is 0.809 bits per heavy atom. The number of sulfone groups is 1. The second-order valence-electron chi connectivity index (χ2n) is 11.3. The molecule has 7 rings (SSSR count). The lowest BCUT2D eigenvalue weighted by Crippen LogP contribution is -2.27. The second-order valence-corrected chi connectivity index (χ2v) is 13.2. The van der Waals surface area contributed by atoms with Crippen LogP contribution in [0.3, 0.4) is 0 Å². The molecule has 7 N–H and O–H groups in total. The van der Waals surface area contributed by atoms with E-state index in [0.29, 0.717) is 33.9 Å². The minimum Gasteiger partial charge on any atom is -0.476 e. The Bertz CT molecular complexity index is 2240. The maximum Gasteiger partial charge on any atom is 0.337 e. The van der Waals surface area contributed by atoms with E-state index in [2.05, 4.69) is 21.4 Å². The van der Waals surface area contributed by atoms with Crippen molar-refractivity contribution in [3.63, 3.8) is 0 Å². The van der Waals surface area contributed by atoms with Gasteiger partial charge >= 0.3 is 5.24 Å². The Kier molecular flexibility index (Phi) is 8.68. The number of aryl methyl sites for hydroxylation is 1. The molecule has 6 aromatic rings. The lowest BCUT2D eigenvalue weighted by molar-refractivity contribution is -0.119. The van der Waals surface area contributed by atoms with E-state index in [1.165, 1.54) is 5.69 Å². The number of benzene rings is 4. The van der Waals surface area contributed by atoms with Gasteiger partial charge < -0.3 is 31.5 Å². The average molecular weight is 652 g/mol. The second kappa shape index (κ2) is 13.0. The summed E-state index contributed by atoms with van der Waals surface area (Å²) < 4.78 is 29.0. The third-order valence-corrected chi connectivity index (χ3v) is 9.31. The van der Waals surface area contributed by atoms with E-state index in [0.717, 1.165) is 41.3 Å². The Labute approximate surface area is 270 Å². The fourth-order valence-corrected chi connectivity index (χ4v) is 6.47. The number of nitrogens with one attached hydrogen (secondary N) is 3. The Morgan fingerprint density at radius 2 is 1.49 bits per heavy atom. The molecule has 240 valence electrons. The third kappa shape index (κ3) is 6.40. The van der Waals surface area contributed by atoms with Crippen LogP contribution in [-0.4, -0.2) is 41.4 Å². The smallest absolute Gasteiger partial charge is 0.337 e. The van der Waals surface area contributed by atoms with Gasteiger partial charge in [0, 0.05) is 39.6 Å². The maximum absolute atomic E-state index is 13.0. The van der Waals surface area contributed by atoms with Gasteiger partial charge in [-0.2, -0.15) is 0 Å². The van der Waals surface area contributed by atoms with Crippen molar-refractivity contribution < 1.29 is 27.5 Å². The first-order valence-electron chi connectivity index (χ1n) is 15.0. The molecule has 0 spiro atoms. The van der Waals surface area contributed by atoms with Crippen LogP contribution in [0.5, 0.6) is 5.75 Å². The van der Waals surface area contributed by atoms with Gasteiger partial charge in [0.15, 0.2) is 5.94 Å². The maximum atomic E-state index is 13.0. The van der Waals surface area contributed by atoms with Crippen molar-refractivity contribution in [2.45, 2.75) is 31.7 Å². The summed E-state index contributed by atoms with van der Waals surface area (Å²) in [6.45, 7) is 0.360. The number of nitrogens with two attached hydrogens (primary N) is 2. The molecule has 0 bridgehead atoms.